The highest BCUT2D eigenvalue weighted by molar-refractivity contribution is 7.90. The third kappa shape index (κ3) is 6.33. The van der Waals surface area contributed by atoms with E-state index in [9.17, 15) is 22.0 Å². The van der Waals surface area contributed by atoms with E-state index >= 15 is 0 Å². The van der Waals surface area contributed by atoms with Crippen molar-refractivity contribution in [2.24, 2.45) is 0 Å². The summed E-state index contributed by atoms with van der Waals surface area (Å²) in [6.07, 6.45) is 1.75. The van der Waals surface area contributed by atoms with Gasteiger partial charge in [0.1, 0.15) is 23.8 Å². The van der Waals surface area contributed by atoms with Gasteiger partial charge in [0.2, 0.25) is 0 Å². The molecule has 1 aliphatic heterocycles. The first-order chi connectivity index (χ1) is 19.5. The molecule has 10 heteroatoms. The number of carbonyl (C=O) groups excluding carboxylic acids is 1. The standard InChI is InChI=1S/C31H28F2N2O5S/c1-18-11-23(34-31(36)35-30-26(32)15-25(16-27(30)33)41(3,37)38)12-19(2)29(18)22-6-4-5-20(13-22)17-40-24-8-7-21-9-10-39-28(21)14-24/h4-8,11-16H,9-10,17H2,1-3H3,(H2,34,35,36). The van der Waals surface area contributed by atoms with E-state index in [1.807, 2.05) is 56.3 Å². The van der Waals surface area contributed by atoms with Gasteiger partial charge in [-0.05, 0) is 83.6 Å². The maximum atomic E-state index is 14.4. The number of carbonyl (C=O) groups is 1. The van der Waals surface area contributed by atoms with Crippen LogP contribution in [0.15, 0.2) is 71.6 Å². The zero-order valence-corrected chi connectivity index (χ0v) is 23.5. The van der Waals surface area contributed by atoms with Crippen LogP contribution < -0.4 is 20.1 Å². The third-order valence-corrected chi connectivity index (χ3v) is 7.85. The zero-order valence-electron chi connectivity index (χ0n) is 22.7. The molecule has 0 aliphatic carbocycles. The number of sulfone groups is 1. The Balaban J connectivity index is 1.29. The van der Waals surface area contributed by atoms with Crippen LogP contribution in [0.2, 0.25) is 0 Å². The predicted molar refractivity (Wildman–Crippen MR) is 153 cm³/mol. The van der Waals surface area contributed by atoms with Crippen molar-refractivity contribution in [1.29, 1.82) is 0 Å². The normalized spacial score (nSPS) is 12.4. The van der Waals surface area contributed by atoms with Crippen LogP contribution in [0.5, 0.6) is 11.5 Å². The fourth-order valence-electron chi connectivity index (χ4n) is 4.87. The molecule has 1 heterocycles. The molecule has 0 aromatic heterocycles. The summed E-state index contributed by atoms with van der Waals surface area (Å²) < 4.78 is 63.6. The Hall–Kier alpha value is -4.44. The number of ether oxygens (including phenoxy) is 2. The van der Waals surface area contributed by atoms with Gasteiger partial charge in [0.15, 0.2) is 21.5 Å². The molecule has 2 amide bonds. The van der Waals surface area contributed by atoms with Gasteiger partial charge < -0.3 is 20.1 Å². The summed E-state index contributed by atoms with van der Waals surface area (Å²) in [6, 6.07) is 17.8. The largest absolute Gasteiger partial charge is 0.493 e. The number of halogens is 2. The molecule has 0 saturated carbocycles. The molecule has 1 aliphatic rings. The Bertz CT molecular complexity index is 1730. The van der Waals surface area contributed by atoms with Crippen molar-refractivity contribution in [3.8, 4) is 22.6 Å². The highest BCUT2D eigenvalue weighted by atomic mass is 32.2. The van der Waals surface area contributed by atoms with Crippen molar-refractivity contribution in [3.63, 3.8) is 0 Å². The summed E-state index contributed by atoms with van der Waals surface area (Å²) in [7, 11) is -3.82. The number of aryl methyl sites for hydroxylation is 2. The van der Waals surface area contributed by atoms with Gasteiger partial charge in [-0.3, -0.25) is 0 Å². The number of benzene rings is 4. The number of fused-ring (bicyclic) bond motifs is 1. The Kier molecular flexibility index (Phi) is 7.68. The van der Waals surface area contributed by atoms with Crippen LogP contribution >= 0.6 is 0 Å². The lowest BCUT2D eigenvalue weighted by Gasteiger charge is -2.16. The van der Waals surface area contributed by atoms with E-state index in [1.165, 1.54) is 5.56 Å². The van der Waals surface area contributed by atoms with E-state index in [0.717, 1.165) is 52.0 Å². The second-order valence-corrected chi connectivity index (χ2v) is 12.0. The van der Waals surface area contributed by atoms with Crippen LogP contribution in [-0.4, -0.2) is 27.3 Å². The SMILES string of the molecule is Cc1cc(NC(=O)Nc2c(F)cc(S(C)(=O)=O)cc2F)cc(C)c1-c1cccc(COc2ccc3c(c2)OCC3)c1. The summed E-state index contributed by atoms with van der Waals surface area (Å²) in [5.41, 5.74) is 5.56. The van der Waals surface area contributed by atoms with E-state index in [2.05, 4.69) is 10.6 Å². The third-order valence-electron chi connectivity index (χ3n) is 6.76. The fourth-order valence-corrected chi connectivity index (χ4v) is 5.51. The molecule has 0 bridgehead atoms. The smallest absolute Gasteiger partial charge is 0.323 e. The lowest BCUT2D eigenvalue weighted by molar-refractivity contribution is 0.262. The van der Waals surface area contributed by atoms with Crippen LogP contribution in [0, 0.1) is 25.5 Å². The summed E-state index contributed by atoms with van der Waals surface area (Å²) in [4.78, 5) is 12.0. The van der Waals surface area contributed by atoms with Crippen LogP contribution in [0.3, 0.4) is 0 Å². The van der Waals surface area contributed by atoms with Crippen molar-refractivity contribution >= 4 is 27.2 Å². The highest BCUT2D eigenvalue weighted by Gasteiger charge is 2.19. The molecule has 0 fully saturated rings. The monoisotopic (exact) mass is 578 g/mol. The van der Waals surface area contributed by atoms with E-state index in [0.29, 0.717) is 31.0 Å². The molecule has 0 radical (unpaired) electrons. The summed E-state index contributed by atoms with van der Waals surface area (Å²) in [6.45, 7) is 4.88. The van der Waals surface area contributed by atoms with Crippen molar-refractivity contribution in [3.05, 3.63) is 101 Å². The Morgan fingerprint density at radius 2 is 1.66 bits per heavy atom. The maximum Gasteiger partial charge on any atom is 0.323 e. The average Bonchev–Trinajstić information content (AvgIpc) is 3.37. The quantitative estimate of drug-likeness (QED) is 0.251. The van der Waals surface area contributed by atoms with Gasteiger partial charge in [-0.25, -0.2) is 22.0 Å². The summed E-state index contributed by atoms with van der Waals surface area (Å²) >= 11 is 0. The van der Waals surface area contributed by atoms with E-state index < -0.39 is 38.1 Å². The molecule has 41 heavy (non-hydrogen) atoms. The van der Waals surface area contributed by atoms with Gasteiger partial charge in [-0.15, -0.1) is 0 Å². The molecule has 4 aromatic rings. The van der Waals surface area contributed by atoms with E-state index in [4.69, 9.17) is 9.47 Å². The number of hydrogen-bond donors (Lipinski definition) is 2. The Morgan fingerprint density at radius 1 is 0.951 bits per heavy atom. The molecule has 212 valence electrons. The van der Waals surface area contributed by atoms with Gasteiger partial charge >= 0.3 is 6.03 Å². The number of rotatable bonds is 7. The summed E-state index contributed by atoms with van der Waals surface area (Å²) in [5.74, 6) is -0.790. The summed E-state index contributed by atoms with van der Waals surface area (Å²) in [5, 5.41) is 4.71. The number of nitrogens with one attached hydrogen (secondary N) is 2. The minimum atomic E-state index is -3.82. The zero-order chi connectivity index (χ0) is 29.3. The second-order valence-electron chi connectivity index (χ2n) is 9.96. The highest BCUT2D eigenvalue weighted by Crippen LogP contribution is 2.33. The molecular weight excluding hydrogens is 550 g/mol. The predicted octanol–water partition coefficient (Wildman–Crippen LogP) is 6.81. The lowest BCUT2D eigenvalue weighted by atomic mass is 9.94. The van der Waals surface area contributed by atoms with Crippen molar-refractivity contribution in [1.82, 2.24) is 0 Å². The Morgan fingerprint density at radius 3 is 2.34 bits per heavy atom. The first kappa shape index (κ1) is 28.1. The minimum absolute atomic E-state index is 0.378. The molecule has 7 nitrogen and oxygen atoms in total. The topological polar surface area (TPSA) is 93.7 Å². The number of amides is 2. The van der Waals surface area contributed by atoms with Gasteiger partial charge in [0.25, 0.3) is 0 Å². The fraction of sp³-hybridized carbons (Fsp3) is 0.194. The van der Waals surface area contributed by atoms with Gasteiger partial charge in [-0.2, -0.15) is 0 Å². The first-order valence-electron chi connectivity index (χ1n) is 12.8. The van der Waals surface area contributed by atoms with Crippen LogP contribution in [0.25, 0.3) is 11.1 Å². The van der Waals surface area contributed by atoms with Gasteiger partial charge in [0, 0.05) is 24.4 Å². The second kappa shape index (κ2) is 11.2. The van der Waals surface area contributed by atoms with Crippen LogP contribution in [0.4, 0.5) is 25.0 Å². The van der Waals surface area contributed by atoms with Crippen molar-refractivity contribution < 1.29 is 31.5 Å². The maximum absolute atomic E-state index is 14.4. The minimum Gasteiger partial charge on any atom is -0.493 e. The van der Waals surface area contributed by atoms with Crippen molar-refractivity contribution in [2.75, 3.05) is 23.5 Å². The number of hydrogen-bond acceptors (Lipinski definition) is 5. The molecule has 0 atom stereocenters. The molecule has 0 saturated heterocycles. The lowest BCUT2D eigenvalue weighted by Crippen LogP contribution is -2.21. The Labute approximate surface area is 237 Å². The molecule has 0 unspecified atom stereocenters. The number of urea groups is 1. The number of anilines is 2. The molecule has 2 N–H and O–H groups in total. The average molecular weight is 579 g/mol. The van der Waals surface area contributed by atoms with Crippen LogP contribution in [0.1, 0.15) is 22.3 Å². The van der Waals surface area contributed by atoms with E-state index in [1.54, 1.807) is 12.1 Å². The van der Waals surface area contributed by atoms with Gasteiger partial charge in [-0.1, -0.05) is 24.3 Å². The van der Waals surface area contributed by atoms with E-state index in [-0.39, 0.29) is 0 Å². The first-order valence-corrected chi connectivity index (χ1v) is 14.7. The molecule has 5 rings (SSSR count). The van der Waals surface area contributed by atoms with Gasteiger partial charge in [0.05, 0.1) is 11.5 Å². The molecule has 4 aromatic carbocycles. The van der Waals surface area contributed by atoms with Crippen LogP contribution in [-0.2, 0) is 22.9 Å². The molecule has 0 spiro atoms. The molecular formula is C31H28F2N2O5S. The van der Waals surface area contributed by atoms with Crippen molar-refractivity contribution in [2.45, 2.75) is 31.8 Å².